The minimum absolute atomic E-state index is 0.0335. The number of carbonyl (C=O) groups is 1. The van der Waals surface area contributed by atoms with E-state index in [1.807, 2.05) is 12.3 Å². The van der Waals surface area contributed by atoms with Crippen LogP contribution in [-0.2, 0) is 17.6 Å². The van der Waals surface area contributed by atoms with Crippen molar-refractivity contribution < 1.29 is 22.7 Å². The van der Waals surface area contributed by atoms with Crippen molar-refractivity contribution in [1.29, 1.82) is 0 Å². The van der Waals surface area contributed by atoms with Gasteiger partial charge >= 0.3 is 6.36 Å². The van der Waals surface area contributed by atoms with Gasteiger partial charge < -0.3 is 4.74 Å². The largest absolute Gasteiger partial charge is 0.573 e. The molecule has 0 unspecified atom stereocenters. The minimum atomic E-state index is -4.71. The second kappa shape index (κ2) is 6.26. The number of benzene rings is 1. The maximum atomic E-state index is 12.0. The highest BCUT2D eigenvalue weighted by atomic mass is 32.1. The zero-order valence-corrected chi connectivity index (χ0v) is 11.9. The fourth-order valence-electron chi connectivity index (χ4n) is 1.75. The zero-order valence-electron chi connectivity index (χ0n) is 11.1. The van der Waals surface area contributed by atoms with Gasteiger partial charge in [0.25, 0.3) is 0 Å². The van der Waals surface area contributed by atoms with E-state index in [1.54, 1.807) is 0 Å². The minimum Gasteiger partial charge on any atom is -0.406 e. The summed E-state index contributed by atoms with van der Waals surface area (Å²) in [6.45, 7) is 1.85. The van der Waals surface area contributed by atoms with E-state index in [1.165, 1.54) is 35.6 Å². The van der Waals surface area contributed by atoms with Crippen LogP contribution in [0.5, 0.6) is 5.75 Å². The lowest BCUT2D eigenvalue weighted by molar-refractivity contribution is -0.274. The number of hydrogen-bond donors (Lipinski definition) is 0. The Kier molecular flexibility index (Phi) is 4.62. The molecule has 7 heteroatoms. The van der Waals surface area contributed by atoms with Crippen molar-refractivity contribution >= 4 is 17.1 Å². The van der Waals surface area contributed by atoms with Crippen molar-refractivity contribution in [3.8, 4) is 5.75 Å². The molecule has 0 aliphatic rings. The molecule has 0 spiro atoms. The molecule has 1 aromatic carbocycles. The van der Waals surface area contributed by atoms with E-state index in [0.717, 1.165) is 10.7 Å². The summed E-state index contributed by atoms with van der Waals surface area (Å²) in [7, 11) is 0. The molecule has 0 radical (unpaired) electrons. The number of thiazole rings is 1. The summed E-state index contributed by atoms with van der Waals surface area (Å²) < 4.78 is 39.8. The molecule has 0 bridgehead atoms. The SMILES string of the molecule is Cc1csc(CC(=O)Cc2ccc(OC(F)(F)F)cc2)n1. The number of Topliss-reactive ketones (excluding diaryl/α,β-unsaturated/α-hetero) is 1. The fourth-order valence-corrected chi connectivity index (χ4v) is 2.55. The highest BCUT2D eigenvalue weighted by Gasteiger charge is 2.30. The lowest BCUT2D eigenvalue weighted by atomic mass is 10.1. The van der Waals surface area contributed by atoms with Crippen LogP contribution >= 0.6 is 11.3 Å². The summed E-state index contributed by atoms with van der Waals surface area (Å²) in [5, 5.41) is 2.61. The topological polar surface area (TPSA) is 39.2 Å². The molecule has 0 saturated carbocycles. The van der Waals surface area contributed by atoms with Crippen LogP contribution in [0.1, 0.15) is 16.3 Å². The summed E-state index contributed by atoms with van der Waals surface area (Å²) in [6.07, 6.45) is -4.32. The Balaban J connectivity index is 1.92. The second-order valence-electron chi connectivity index (χ2n) is 4.47. The monoisotopic (exact) mass is 315 g/mol. The third-order valence-electron chi connectivity index (χ3n) is 2.57. The van der Waals surface area contributed by atoms with Gasteiger partial charge in [-0.25, -0.2) is 4.98 Å². The van der Waals surface area contributed by atoms with Gasteiger partial charge in [-0.3, -0.25) is 4.79 Å². The Bertz CT molecular complexity index is 620. The molecule has 0 fully saturated rings. The van der Waals surface area contributed by atoms with Gasteiger partial charge in [0, 0.05) is 17.5 Å². The normalized spacial score (nSPS) is 11.4. The molecule has 1 aromatic heterocycles. The maximum absolute atomic E-state index is 12.0. The number of rotatable bonds is 5. The molecule has 112 valence electrons. The number of aromatic nitrogens is 1. The lowest BCUT2D eigenvalue weighted by Gasteiger charge is -2.09. The van der Waals surface area contributed by atoms with E-state index in [4.69, 9.17) is 0 Å². The van der Waals surface area contributed by atoms with Crippen LogP contribution in [0.15, 0.2) is 29.6 Å². The molecule has 0 aliphatic carbocycles. The lowest BCUT2D eigenvalue weighted by Crippen LogP contribution is -2.17. The molecular weight excluding hydrogens is 303 g/mol. The van der Waals surface area contributed by atoms with Crippen molar-refractivity contribution in [2.75, 3.05) is 0 Å². The molecule has 3 nitrogen and oxygen atoms in total. The van der Waals surface area contributed by atoms with Gasteiger partial charge in [0.05, 0.1) is 6.42 Å². The summed E-state index contributed by atoms with van der Waals surface area (Å²) in [4.78, 5) is 16.1. The van der Waals surface area contributed by atoms with Crippen molar-refractivity contribution in [3.63, 3.8) is 0 Å². The number of alkyl halides is 3. The first-order valence-corrected chi connectivity index (χ1v) is 6.97. The summed E-state index contributed by atoms with van der Waals surface area (Å²) in [5.74, 6) is -0.330. The average Bonchev–Trinajstić information content (AvgIpc) is 2.75. The van der Waals surface area contributed by atoms with Gasteiger partial charge in [-0.2, -0.15) is 0 Å². The molecule has 0 aliphatic heterocycles. The van der Waals surface area contributed by atoms with Crippen molar-refractivity contribution in [2.45, 2.75) is 26.1 Å². The number of aryl methyl sites for hydroxylation is 1. The van der Waals surface area contributed by atoms with E-state index in [0.29, 0.717) is 5.56 Å². The second-order valence-corrected chi connectivity index (χ2v) is 5.41. The standard InChI is InChI=1S/C14H12F3NO2S/c1-9-8-21-13(18-9)7-11(19)6-10-2-4-12(5-3-10)20-14(15,16)17/h2-5,8H,6-7H2,1H3. The number of ether oxygens (including phenoxy) is 1. The van der Waals surface area contributed by atoms with Gasteiger partial charge in [0.1, 0.15) is 16.5 Å². The first kappa shape index (κ1) is 15.5. The molecule has 21 heavy (non-hydrogen) atoms. The molecule has 0 atom stereocenters. The average molecular weight is 315 g/mol. The first-order valence-electron chi connectivity index (χ1n) is 6.09. The molecule has 2 rings (SSSR count). The number of hydrogen-bond acceptors (Lipinski definition) is 4. The predicted molar refractivity (Wildman–Crippen MR) is 72.4 cm³/mol. The number of nitrogens with zero attached hydrogens (tertiary/aromatic N) is 1. The Labute approximate surface area is 123 Å². The Morgan fingerprint density at radius 1 is 1.24 bits per heavy atom. The molecule has 0 amide bonds. The summed E-state index contributed by atoms with van der Waals surface area (Å²) >= 11 is 1.42. The third-order valence-corrected chi connectivity index (χ3v) is 3.54. The smallest absolute Gasteiger partial charge is 0.406 e. The molecule has 0 saturated heterocycles. The van der Waals surface area contributed by atoms with Crippen molar-refractivity contribution in [1.82, 2.24) is 4.98 Å². The van der Waals surface area contributed by atoms with Crippen LogP contribution in [0.3, 0.4) is 0 Å². The highest BCUT2D eigenvalue weighted by Crippen LogP contribution is 2.23. The van der Waals surface area contributed by atoms with Gasteiger partial charge in [-0.1, -0.05) is 12.1 Å². The van der Waals surface area contributed by atoms with E-state index < -0.39 is 6.36 Å². The Morgan fingerprint density at radius 2 is 1.90 bits per heavy atom. The van der Waals surface area contributed by atoms with Gasteiger partial charge in [0.15, 0.2) is 0 Å². The highest BCUT2D eigenvalue weighted by molar-refractivity contribution is 7.09. The molecule has 0 N–H and O–H groups in total. The van der Waals surface area contributed by atoms with E-state index >= 15 is 0 Å². The molecule has 1 heterocycles. The van der Waals surface area contributed by atoms with Crippen molar-refractivity contribution in [3.05, 3.63) is 45.9 Å². The van der Waals surface area contributed by atoms with E-state index in [-0.39, 0.29) is 24.4 Å². The maximum Gasteiger partial charge on any atom is 0.573 e. The number of halogens is 3. The van der Waals surface area contributed by atoms with E-state index in [9.17, 15) is 18.0 Å². The van der Waals surface area contributed by atoms with Crippen LogP contribution < -0.4 is 4.74 Å². The van der Waals surface area contributed by atoms with Crippen LogP contribution in [0.4, 0.5) is 13.2 Å². The van der Waals surface area contributed by atoms with E-state index in [2.05, 4.69) is 9.72 Å². The fraction of sp³-hybridized carbons (Fsp3) is 0.286. The Hall–Kier alpha value is -1.89. The van der Waals surface area contributed by atoms with Crippen LogP contribution in [0.2, 0.25) is 0 Å². The third kappa shape index (κ3) is 5.18. The summed E-state index contributed by atoms with van der Waals surface area (Å²) in [5.41, 5.74) is 1.51. The van der Waals surface area contributed by atoms with Gasteiger partial charge in [-0.15, -0.1) is 24.5 Å². The molecular formula is C14H12F3NO2S. The zero-order chi connectivity index (χ0) is 15.5. The van der Waals surface area contributed by atoms with Crippen molar-refractivity contribution in [2.24, 2.45) is 0 Å². The van der Waals surface area contributed by atoms with Gasteiger partial charge in [0.2, 0.25) is 0 Å². The number of ketones is 1. The Morgan fingerprint density at radius 3 is 2.43 bits per heavy atom. The van der Waals surface area contributed by atoms with Crippen LogP contribution in [0, 0.1) is 6.92 Å². The van der Waals surface area contributed by atoms with Gasteiger partial charge in [-0.05, 0) is 24.6 Å². The van der Waals surface area contributed by atoms with Crippen LogP contribution in [0.25, 0.3) is 0 Å². The quantitative estimate of drug-likeness (QED) is 0.844. The molecule has 2 aromatic rings. The number of carbonyl (C=O) groups excluding carboxylic acids is 1. The first-order chi connectivity index (χ1) is 9.82. The predicted octanol–water partition coefficient (Wildman–Crippen LogP) is 3.70. The van der Waals surface area contributed by atoms with Crippen LogP contribution in [-0.4, -0.2) is 17.1 Å². The summed E-state index contributed by atoms with van der Waals surface area (Å²) in [6, 6.07) is 5.30.